The second kappa shape index (κ2) is 5.66. The normalized spacial score (nSPS) is 23.7. The minimum absolute atomic E-state index is 0.0710. The van der Waals surface area contributed by atoms with Crippen molar-refractivity contribution in [2.75, 3.05) is 6.61 Å². The van der Waals surface area contributed by atoms with Gasteiger partial charge in [0.15, 0.2) is 6.23 Å². The first-order valence-electron chi connectivity index (χ1n) is 5.49. The van der Waals surface area contributed by atoms with Gasteiger partial charge in [-0.15, -0.1) is 0 Å². The van der Waals surface area contributed by atoms with Gasteiger partial charge in [0.1, 0.15) is 6.10 Å². The Morgan fingerprint density at radius 2 is 2.26 bits per heavy atom. The van der Waals surface area contributed by atoms with Crippen molar-refractivity contribution in [2.45, 2.75) is 19.3 Å². The Morgan fingerprint density at radius 3 is 2.95 bits per heavy atom. The molecule has 0 saturated heterocycles. The van der Waals surface area contributed by atoms with Crippen molar-refractivity contribution in [2.24, 2.45) is 0 Å². The first-order valence-corrected chi connectivity index (χ1v) is 6.75. The number of hydrogen-bond donors (Lipinski definition) is 2. The molecule has 2 N–H and O–H groups in total. The molecule has 0 amide bonds. The lowest BCUT2D eigenvalue weighted by molar-refractivity contribution is -0.00589. The van der Waals surface area contributed by atoms with Gasteiger partial charge < -0.3 is 14.2 Å². The first-order chi connectivity index (χ1) is 8.97. The summed E-state index contributed by atoms with van der Waals surface area (Å²) in [6.07, 6.45) is 3.46. The molecule has 1 aromatic heterocycles. The molecule has 0 spiro atoms. The molecule has 1 aliphatic heterocycles. The van der Waals surface area contributed by atoms with Crippen LogP contribution in [-0.4, -0.2) is 27.2 Å². The number of aromatic amines is 1. The number of hydrogen-bond acceptors (Lipinski definition) is 5. The summed E-state index contributed by atoms with van der Waals surface area (Å²) in [5, 5.41) is 0. The Balaban J connectivity index is 2.12. The molecule has 19 heavy (non-hydrogen) atoms. The summed E-state index contributed by atoms with van der Waals surface area (Å²) in [4.78, 5) is 33.6. The number of rotatable bonds is 4. The number of nitrogens with one attached hydrogen (secondary N) is 1. The zero-order chi connectivity index (χ0) is 14.0. The van der Waals surface area contributed by atoms with E-state index in [0.717, 1.165) is 0 Å². The molecule has 0 fully saturated rings. The number of nitrogens with zero attached hydrogens (tertiary/aromatic N) is 1. The standard InChI is InChI=1S/C10H13N2O6P/c1-6-4-12(10(14)11-9(6)13)8-3-2-7(18-8)5-17-19(15)16/h2-4,7-8,19H,5H2,1H3,(H,15,16)(H,11,13,14)/t7-,8+/m0/s1. The lowest BCUT2D eigenvalue weighted by Gasteiger charge is -2.15. The van der Waals surface area contributed by atoms with Crippen LogP contribution in [0.2, 0.25) is 0 Å². The van der Waals surface area contributed by atoms with Gasteiger partial charge in [0.05, 0.1) is 6.61 Å². The second-order valence-corrected chi connectivity index (χ2v) is 4.83. The summed E-state index contributed by atoms with van der Waals surface area (Å²) in [6.45, 7) is 1.50. The van der Waals surface area contributed by atoms with Crippen LogP contribution >= 0.6 is 8.25 Å². The van der Waals surface area contributed by atoms with Gasteiger partial charge in [0.2, 0.25) is 0 Å². The third kappa shape index (κ3) is 3.30. The molecule has 0 aliphatic carbocycles. The van der Waals surface area contributed by atoms with E-state index in [-0.39, 0.29) is 6.61 Å². The summed E-state index contributed by atoms with van der Waals surface area (Å²) in [5.74, 6) is 0. The van der Waals surface area contributed by atoms with Crippen LogP contribution in [-0.2, 0) is 13.8 Å². The Morgan fingerprint density at radius 1 is 1.53 bits per heavy atom. The predicted octanol–water partition coefficient (Wildman–Crippen LogP) is -0.303. The summed E-state index contributed by atoms with van der Waals surface area (Å²) in [6, 6.07) is 0. The van der Waals surface area contributed by atoms with Crippen LogP contribution in [0, 0.1) is 6.92 Å². The molecule has 0 bridgehead atoms. The molecule has 2 rings (SSSR count). The highest BCUT2D eigenvalue weighted by Crippen LogP contribution is 2.23. The summed E-state index contributed by atoms with van der Waals surface area (Å²) in [7, 11) is -3.00. The minimum atomic E-state index is -3.00. The van der Waals surface area contributed by atoms with Crippen LogP contribution in [0.5, 0.6) is 0 Å². The maximum atomic E-state index is 11.6. The van der Waals surface area contributed by atoms with Crippen molar-refractivity contribution in [3.63, 3.8) is 0 Å². The van der Waals surface area contributed by atoms with E-state index in [2.05, 4.69) is 9.51 Å². The Labute approximate surface area is 108 Å². The smallest absolute Gasteiger partial charge is 0.330 e. The van der Waals surface area contributed by atoms with Gasteiger partial charge in [-0.05, 0) is 13.0 Å². The summed E-state index contributed by atoms with van der Waals surface area (Å²) in [5.41, 5.74) is -0.638. The lowest BCUT2D eigenvalue weighted by atomic mass is 10.3. The average molecular weight is 288 g/mol. The molecular formula is C10H13N2O6P. The number of H-pyrrole nitrogens is 1. The van der Waals surface area contributed by atoms with E-state index in [9.17, 15) is 14.2 Å². The topological polar surface area (TPSA) is 111 Å². The van der Waals surface area contributed by atoms with Gasteiger partial charge in [-0.2, -0.15) is 0 Å². The molecule has 1 unspecified atom stereocenters. The first kappa shape index (κ1) is 14.0. The average Bonchev–Trinajstić information content (AvgIpc) is 2.80. The molecule has 0 radical (unpaired) electrons. The SMILES string of the molecule is Cc1cn([C@H]2C=C[C@@H](CO[PH](=O)O)O2)c(=O)[nH]c1=O. The van der Waals surface area contributed by atoms with E-state index in [1.807, 2.05) is 0 Å². The third-order valence-corrected chi connectivity index (χ3v) is 3.01. The van der Waals surface area contributed by atoms with E-state index in [4.69, 9.17) is 9.63 Å². The van der Waals surface area contributed by atoms with E-state index in [0.29, 0.717) is 5.56 Å². The van der Waals surface area contributed by atoms with Crippen LogP contribution < -0.4 is 11.2 Å². The molecule has 1 aromatic rings. The molecule has 8 nitrogen and oxygen atoms in total. The van der Waals surface area contributed by atoms with E-state index in [1.54, 1.807) is 19.1 Å². The maximum Gasteiger partial charge on any atom is 0.330 e. The molecule has 0 aromatic carbocycles. The number of aryl methyl sites for hydroxylation is 1. The van der Waals surface area contributed by atoms with Gasteiger partial charge in [-0.25, -0.2) is 4.79 Å². The van der Waals surface area contributed by atoms with Gasteiger partial charge in [0.25, 0.3) is 5.56 Å². The maximum absolute atomic E-state index is 11.6. The summed E-state index contributed by atoms with van der Waals surface area (Å²) >= 11 is 0. The molecule has 1 aliphatic rings. The monoisotopic (exact) mass is 288 g/mol. The van der Waals surface area contributed by atoms with E-state index >= 15 is 0 Å². The van der Waals surface area contributed by atoms with Gasteiger partial charge in [-0.3, -0.25) is 18.9 Å². The highest BCUT2D eigenvalue weighted by Gasteiger charge is 2.22. The highest BCUT2D eigenvalue weighted by atomic mass is 31.1. The quantitative estimate of drug-likeness (QED) is 0.581. The van der Waals surface area contributed by atoms with Crippen molar-refractivity contribution in [1.29, 1.82) is 0 Å². The molecule has 104 valence electrons. The van der Waals surface area contributed by atoms with E-state index in [1.165, 1.54) is 10.8 Å². The van der Waals surface area contributed by atoms with Crippen LogP contribution in [0.1, 0.15) is 11.8 Å². The zero-order valence-electron chi connectivity index (χ0n) is 10.0. The van der Waals surface area contributed by atoms with Gasteiger partial charge in [-0.1, -0.05) is 6.08 Å². The van der Waals surface area contributed by atoms with Crippen molar-refractivity contribution >= 4 is 8.25 Å². The summed E-state index contributed by atoms with van der Waals surface area (Å²) < 4.78 is 21.7. The van der Waals surface area contributed by atoms with E-state index < -0.39 is 31.8 Å². The molecule has 0 saturated carbocycles. The van der Waals surface area contributed by atoms with Gasteiger partial charge >= 0.3 is 13.9 Å². The van der Waals surface area contributed by atoms with Crippen molar-refractivity contribution in [3.8, 4) is 0 Å². The Hall–Kier alpha value is -1.47. The van der Waals surface area contributed by atoms with Crippen molar-refractivity contribution in [3.05, 3.63) is 44.8 Å². The molecule has 3 atom stereocenters. The lowest BCUT2D eigenvalue weighted by Crippen LogP contribution is -2.33. The largest absolute Gasteiger partial charge is 0.344 e. The fraction of sp³-hybridized carbons (Fsp3) is 0.400. The number of ether oxygens (including phenoxy) is 1. The zero-order valence-corrected chi connectivity index (χ0v) is 11.0. The van der Waals surface area contributed by atoms with Crippen molar-refractivity contribution in [1.82, 2.24) is 9.55 Å². The second-order valence-electron chi connectivity index (χ2n) is 4.01. The van der Waals surface area contributed by atoms with Crippen molar-refractivity contribution < 1.29 is 18.7 Å². The van der Waals surface area contributed by atoms with Crippen LogP contribution in [0.25, 0.3) is 0 Å². The van der Waals surface area contributed by atoms with Crippen LogP contribution in [0.3, 0.4) is 0 Å². The number of aromatic nitrogens is 2. The highest BCUT2D eigenvalue weighted by molar-refractivity contribution is 7.32. The molecule has 2 heterocycles. The minimum Gasteiger partial charge on any atom is -0.344 e. The predicted molar refractivity (Wildman–Crippen MR) is 66.3 cm³/mol. The van der Waals surface area contributed by atoms with Crippen LogP contribution in [0.15, 0.2) is 27.9 Å². The third-order valence-electron chi connectivity index (χ3n) is 2.60. The fourth-order valence-corrected chi connectivity index (χ4v) is 1.98. The molecular weight excluding hydrogens is 275 g/mol. The Bertz CT molecular complexity index is 634. The van der Waals surface area contributed by atoms with Gasteiger partial charge in [0, 0.05) is 11.8 Å². The van der Waals surface area contributed by atoms with Crippen LogP contribution in [0.4, 0.5) is 0 Å². The molecule has 9 heteroatoms. The Kier molecular flexibility index (Phi) is 4.16. The fourth-order valence-electron chi connectivity index (χ4n) is 1.67.